The van der Waals surface area contributed by atoms with Crippen LogP contribution in [-0.2, 0) is 13.6 Å². The van der Waals surface area contributed by atoms with Gasteiger partial charge in [-0.1, -0.05) is 0 Å². The zero-order chi connectivity index (χ0) is 8.41. The van der Waals surface area contributed by atoms with Crippen LogP contribution < -0.4 is 0 Å². The van der Waals surface area contributed by atoms with E-state index in [4.69, 9.17) is 0 Å². The summed E-state index contributed by atoms with van der Waals surface area (Å²) in [6.45, 7) is 4.47. The molecular weight excluding hydrogens is 166 g/mol. The van der Waals surface area contributed by atoms with Crippen LogP contribution in [0.5, 0.6) is 0 Å². The van der Waals surface area contributed by atoms with E-state index < -0.39 is 8.25 Å². The van der Waals surface area contributed by atoms with Crippen LogP contribution in [0, 0.1) is 0 Å². The summed E-state index contributed by atoms with van der Waals surface area (Å²) in [5.74, 6) is 0. The molecule has 0 spiro atoms. The van der Waals surface area contributed by atoms with Gasteiger partial charge in [-0.3, -0.25) is 4.57 Å². The first-order valence-electron chi connectivity index (χ1n) is 3.10. The van der Waals surface area contributed by atoms with Gasteiger partial charge in [-0.25, -0.2) is 0 Å². The maximum atomic E-state index is 10.4. The molecular formula is C5H14AlO3P. The standard InChI is InChI=1S/C4H11O3P.CH2.Al.H/c1-3-6-8(5)7-4-2;;;/h8H,3-4H2,1-2H3;1H2;;. The molecule has 60 valence electrons. The van der Waals surface area contributed by atoms with Crippen molar-refractivity contribution in [2.75, 3.05) is 13.2 Å². The molecule has 0 radical (unpaired) electrons. The summed E-state index contributed by atoms with van der Waals surface area (Å²) in [6, 6.07) is 0. The van der Waals surface area contributed by atoms with Crippen molar-refractivity contribution in [2.24, 2.45) is 0 Å². The molecule has 10 heavy (non-hydrogen) atoms. The van der Waals surface area contributed by atoms with Crippen molar-refractivity contribution in [1.29, 1.82) is 0 Å². The fourth-order valence-corrected chi connectivity index (χ4v) is 0.832. The van der Waals surface area contributed by atoms with Crippen molar-refractivity contribution in [1.82, 2.24) is 0 Å². The van der Waals surface area contributed by atoms with Crippen molar-refractivity contribution in [3.8, 4) is 0 Å². The van der Waals surface area contributed by atoms with E-state index in [9.17, 15) is 4.57 Å². The summed E-state index contributed by atoms with van der Waals surface area (Å²) in [4.78, 5) is 0. The maximum absolute atomic E-state index is 10.4. The average molecular weight is 180 g/mol. The van der Waals surface area contributed by atoms with E-state index in [1.54, 1.807) is 29.7 Å². The van der Waals surface area contributed by atoms with Gasteiger partial charge in [0, 0.05) is 0 Å². The van der Waals surface area contributed by atoms with Crippen LogP contribution in [0.15, 0.2) is 0 Å². The molecule has 0 atom stereocenters. The molecule has 0 aliphatic rings. The molecule has 0 unspecified atom stereocenters. The van der Waals surface area contributed by atoms with Gasteiger partial charge >= 0.3 is 29.5 Å². The van der Waals surface area contributed by atoms with Gasteiger partial charge < -0.3 is 9.05 Å². The van der Waals surface area contributed by atoms with Gasteiger partial charge in [-0.05, 0) is 13.8 Å². The first-order chi connectivity index (χ1) is 4.81. The summed E-state index contributed by atoms with van der Waals surface area (Å²) in [5, 5.41) is 3.28. The van der Waals surface area contributed by atoms with E-state index >= 15 is 0 Å². The van der Waals surface area contributed by atoms with Gasteiger partial charge in [0.1, 0.15) is 0 Å². The first kappa shape index (κ1) is 13.2. The quantitative estimate of drug-likeness (QED) is 0.473. The minimum atomic E-state index is -2.14. The summed E-state index contributed by atoms with van der Waals surface area (Å²) < 4.78 is 19.6. The van der Waals surface area contributed by atoms with E-state index in [2.05, 4.69) is 14.4 Å². The fourth-order valence-electron chi connectivity index (χ4n) is 0.277. The molecule has 0 bridgehead atoms. The van der Waals surface area contributed by atoms with Gasteiger partial charge in [0.2, 0.25) is 0 Å². The SMILES string of the molecule is CCO[PH](=O)OCC.[CH2]=[AlH]. The fraction of sp³-hybridized carbons (Fsp3) is 0.800. The van der Waals surface area contributed by atoms with Crippen molar-refractivity contribution < 1.29 is 13.6 Å². The van der Waals surface area contributed by atoms with Gasteiger partial charge in [0.15, 0.2) is 0 Å². The molecule has 0 saturated carbocycles. The Morgan fingerprint density at radius 1 is 1.30 bits per heavy atom. The predicted octanol–water partition coefficient (Wildman–Crippen LogP) is 0.768. The number of hydrogen-bond acceptors (Lipinski definition) is 3. The van der Waals surface area contributed by atoms with E-state index in [-0.39, 0.29) is 0 Å². The molecule has 0 heterocycles. The van der Waals surface area contributed by atoms with Crippen molar-refractivity contribution in [3.63, 3.8) is 0 Å². The predicted molar refractivity (Wildman–Crippen MR) is 46.5 cm³/mol. The molecule has 0 aliphatic heterocycles. The van der Waals surface area contributed by atoms with E-state index in [1.807, 2.05) is 0 Å². The van der Waals surface area contributed by atoms with Crippen LogP contribution in [0.25, 0.3) is 0 Å². The van der Waals surface area contributed by atoms with Crippen LogP contribution >= 0.6 is 8.25 Å². The third-order valence-corrected chi connectivity index (χ3v) is 1.57. The number of hydrogen-bond donors (Lipinski definition) is 0. The van der Waals surface area contributed by atoms with Crippen molar-refractivity contribution >= 4 is 29.5 Å². The Morgan fingerprint density at radius 3 is 1.80 bits per heavy atom. The third-order valence-electron chi connectivity index (χ3n) is 0.524. The Labute approximate surface area is 70.6 Å². The summed E-state index contributed by atoms with van der Waals surface area (Å²) in [5.41, 5.74) is 0. The molecule has 0 aromatic rings. The third kappa shape index (κ3) is 11.4. The number of rotatable bonds is 4. The summed E-state index contributed by atoms with van der Waals surface area (Å²) in [7, 11) is -2.14. The topological polar surface area (TPSA) is 35.5 Å². The molecule has 0 fully saturated rings. The normalized spacial score (nSPS) is 8.60. The monoisotopic (exact) mass is 180 g/mol. The van der Waals surface area contributed by atoms with Crippen molar-refractivity contribution in [3.05, 3.63) is 0 Å². The Morgan fingerprint density at radius 2 is 1.60 bits per heavy atom. The van der Waals surface area contributed by atoms with Crippen LogP contribution in [0.1, 0.15) is 13.8 Å². The van der Waals surface area contributed by atoms with Crippen LogP contribution in [-0.4, -0.2) is 34.5 Å². The molecule has 0 aliphatic carbocycles. The minimum absolute atomic E-state index is 0.456. The Hall–Kier alpha value is 0.552. The van der Waals surface area contributed by atoms with Gasteiger partial charge in [0.25, 0.3) is 0 Å². The first-order valence-corrected chi connectivity index (χ1v) is 5.33. The molecule has 0 aromatic heterocycles. The molecule has 0 N–H and O–H groups in total. The second-order valence-electron chi connectivity index (χ2n) is 1.12. The Bertz CT molecular complexity index is 81.0. The molecule has 0 rings (SSSR count). The molecule has 0 amide bonds. The summed E-state index contributed by atoms with van der Waals surface area (Å²) >= 11 is 1.61. The molecule has 5 heteroatoms. The molecule has 3 nitrogen and oxygen atoms in total. The second-order valence-corrected chi connectivity index (χ2v) is 2.19. The average Bonchev–Trinajstić information content (AvgIpc) is 1.93. The van der Waals surface area contributed by atoms with Gasteiger partial charge in [-0.15, -0.1) is 0 Å². The molecule has 0 aromatic carbocycles. The Balaban J connectivity index is 0. The zero-order valence-corrected chi connectivity index (χ0v) is 8.97. The summed E-state index contributed by atoms with van der Waals surface area (Å²) in [6.07, 6.45) is 0. The van der Waals surface area contributed by atoms with E-state index in [0.29, 0.717) is 13.2 Å². The Kier molecular flexibility index (Phi) is 16.1. The van der Waals surface area contributed by atoms with Crippen molar-refractivity contribution in [2.45, 2.75) is 13.8 Å². The molecule has 0 saturated heterocycles. The van der Waals surface area contributed by atoms with E-state index in [1.165, 1.54) is 0 Å². The second kappa shape index (κ2) is 12.2. The van der Waals surface area contributed by atoms with Crippen LogP contribution in [0.2, 0.25) is 0 Å². The van der Waals surface area contributed by atoms with Gasteiger partial charge in [0.05, 0.1) is 13.2 Å². The van der Waals surface area contributed by atoms with Gasteiger partial charge in [-0.2, -0.15) is 0 Å². The zero-order valence-electron chi connectivity index (χ0n) is 6.55. The van der Waals surface area contributed by atoms with Crippen LogP contribution in [0.4, 0.5) is 0 Å². The van der Waals surface area contributed by atoms with E-state index in [0.717, 1.165) is 0 Å². The van der Waals surface area contributed by atoms with Crippen LogP contribution in [0.3, 0.4) is 0 Å².